The molecule has 0 unspecified atom stereocenters. The molecule has 0 aliphatic carbocycles. The highest BCUT2D eigenvalue weighted by Crippen LogP contribution is 2.27. The lowest BCUT2D eigenvalue weighted by atomic mass is 10.0. The van der Waals surface area contributed by atoms with Gasteiger partial charge in [-0.3, -0.25) is 4.55 Å². The van der Waals surface area contributed by atoms with Crippen molar-refractivity contribution in [3.8, 4) is 11.1 Å². The Labute approximate surface area is 144 Å². The molecular weight excluding hydrogens is 348 g/mol. The van der Waals surface area contributed by atoms with Crippen molar-refractivity contribution in [1.29, 1.82) is 0 Å². The fraction of sp³-hybridized carbons (Fsp3) is 0.188. The van der Waals surface area contributed by atoms with Gasteiger partial charge in [-0.05, 0) is 11.6 Å². The van der Waals surface area contributed by atoms with Crippen molar-refractivity contribution in [2.75, 3.05) is 13.2 Å². The minimum Gasteiger partial charge on any atom is -0.394 e. The topological polar surface area (TPSA) is 144 Å². The molecular formula is C16H18N2O6S. The lowest BCUT2D eigenvalue weighted by Crippen LogP contribution is -2.15. The number of H-pyrrole nitrogens is 1. The molecule has 0 aliphatic rings. The highest BCUT2D eigenvalue weighted by molar-refractivity contribution is 7.85. The summed E-state index contributed by atoms with van der Waals surface area (Å²) in [5.41, 5.74) is 2.86. The van der Waals surface area contributed by atoms with E-state index in [-0.39, 0.29) is 13.2 Å². The van der Waals surface area contributed by atoms with Gasteiger partial charge >= 0.3 is 10.1 Å². The third kappa shape index (κ3) is 4.84. The van der Waals surface area contributed by atoms with Crippen molar-refractivity contribution >= 4 is 21.2 Å². The van der Waals surface area contributed by atoms with Crippen LogP contribution in [0.15, 0.2) is 53.7 Å². The SMILES string of the molecule is O=S(=O)(O)c1nc2cccc(-c3ccccc3)c2[nH]1.OCC(O)CO. The second-order valence-electron chi connectivity index (χ2n) is 5.10. The van der Waals surface area contributed by atoms with E-state index < -0.39 is 21.4 Å². The number of nitrogens with zero attached hydrogens (tertiary/aromatic N) is 1. The zero-order valence-electron chi connectivity index (χ0n) is 13.1. The normalized spacial score (nSPS) is 11.4. The van der Waals surface area contributed by atoms with Gasteiger partial charge in [-0.15, -0.1) is 0 Å². The maximum atomic E-state index is 11.1. The Bertz CT molecular complexity index is 920. The van der Waals surface area contributed by atoms with Crippen LogP contribution in [0.2, 0.25) is 0 Å². The van der Waals surface area contributed by atoms with Crippen LogP contribution in [0, 0.1) is 0 Å². The van der Waals surface area contributed by atoms with Crippen LogP contribution in [0.1, 0.15) is 0 Å². The molecule has 5 N–H and O–H groups in total. The molecule has 1 heterocycles. The van der Waals surface area contributed by atoms with Crippen LogP contribution >= 0.6 is 0 Å². The molecule has 0 saturated heterocycles. The van der Waals surface area contributed by atoms with Crippen molar-refractivity contribution < 1.29 is 28.3 Å². The van der Waals surface area contributed by atoms with Crippen LogP contribution in [-0.2, 0) is 10.1 Å². The van der Waals surface area contributed by atoms with E-state index in [4.69, 9.17) is 19.9 Å². The molecule has 134 valence electrons. The summed E-state index contributed by atoms with van der Waals surface area (Å²) in [5, 5.41) is 23.6. The lowest BCUT2D eigenvalue weighted by Gasteiger charge is -2.01. The van der Waals surface area contributed by atoms with Crippen molar-refractivity contribution in [2.45, 2.75) is 11.3 Å². The number of para-hydroxylation sites is 1. The number of hydrogen-bond acceptors (Lipinski definition) is 6. The van der Waals surface area contributed by atoms with Gasteiger partial charge in [0.25, 0.3) is 5.16 Å². The van der Waals surface area contributed by atoms with Crippen molar-refractivity contribution in [1.82, 2.24) is 9.97 Å². The van der Waals surface area contributed by atoms with Crippen molar-refractivity contribution in [2.24, 2.45) is 0 Å². The quantitative estimate of drug-likeness (QED) is 0.430. The van der Waals surface area contributed by atoms with Crippen molar-refractivity contribution in [3.05, 3.63) is 48.5 Å². The Hall–Kier alpha value is -2.30. The number of imidazole rings is 1. The second kappa shape index (κ2) is 8.19. The van der Waals surface area contributed by atoms with Crippen LogP contribution in [0.5, 0.6) is 0 Å². The average molecular weight is 366 g/mol. The van der Waals surface area contributed by atoms with Crippen LogP contribution in [0.4, 0.5) is 0 Å². The molecule has 2 aromatic carbocycles. The molecule has 0 radical (unpaired) electrons. The Morgan fingerprint density at radius 3 is 2.16 bits per heavy atom. The maximum absolute atomic E-state index is 11.1. The Morgan fingerprint density at radius 1 is 1.00 bits per heavy atom. The van der Waals surface area contributed by atoms with Crippen LogP contribution in [0.25, 0.3) is 22.2 Å². The predicted octanol–water partition coefficient (Wildman–Crippen LogP) is 0.808. The first kappa shape index (κ1) is 19.0. The highest BCUT2D eigenvalue weighted by atomic mass is 32.2. The summed E-state index contributed by atoms with van der Waals surface area (Å²) < 4.78 is 31.3. The van der Waals surface area contributed by atoms with Gasteiger partial charge in [0.1, 0.15) is 6.10 Å². The molecule has 3 aromatic rings. The molecule has 0 amide bonds. The molecule has 0 aliphatic heterocycles. The average Bonchev–Trinajstić information content (AvgIpc) is 3.07. The summed E-state index contributed by atoms with van der Waals surface area (Å²) in [6, 6.07) is 14.9. The van der Waals surface area contributed by atoms with E-state index in [1.54, 1.807) is 12.1 Å². The molecule has 9 heteroatoms. The number of aliphatic hydroxyl groups excluding tert-OH is 3. The van der Waals surface area contributed by atoms with Gasteiger partial charge in [-0.25, -0.2) is 4.98 Å². The van der Waals surface area contributed by atoms with Gasteiger partial charge in [0, 0.05) is 5.56 Å². The van der Waals surface area contributed by atoms with Gasteiger partial charge in [0.15, 0.2) is 0 Å². The van der Waals surface area contributed by atoms with Crippen LogP contribution < -0.4 is 0 Å². The number of aromatic nitrogens is 2. The van der Waals surface area contributed by atoms with Crippen LogP contribution in [0.3, 0.4) is 0 Å². The fourth-order valence-electron chi connectivity index (χ4n) is 2.05. The number of fused-ring (bicyclic) bond motifs is 1. The molecule has 8 nitrogen and oxygen atoms in total. The first-order valence-corrected chi connectivity index (χ1v) is 8.72. The number of hydrogen-bond donors (Lipinski definition) is 5. The molecule has 0 spiro atoms. The first-order valence-electron chi connectivity index (χ1n) is 7.28. The summed E-state index contributed by atoms with van der Waals surface area (Å²) in [7, 11) is -4.33. The number of rotatable bonds is 4. The molecule has 3 rings (SSSR count). The summed E-state index contributed by atoms with van der Waals surface area (Å²) in [4.78, 5) is 6.53. The maximum Gasteiger partial charge on any atom is 0.328 e. The molecule has 0 atom stereocenters. The number of benzene rings is 2. The van der Waals surface area contributed by atoms with E-state index in [0.29, 0.717) is 11.0 Å². The Morgan fingerprint density at radius 2 is 1.64 bits per heavy atom. The van der Waals surface area contributed by atoms with Gasteiger partial charge in [0.2, 0.25) is 0 Å². The zero-order valence-corrected chi connectivity index (χ0v) is 13.9. The standard InChI is InChI=1S/C13H10N2O3S.C3H8O3/c16-19(17,18)13-14-11-8-4-7-10(12(11)15-13)9-5-2-1-3-6-9;4-1-3(6)2-5/h1-8H,(H,14,15)(H,16,17,18);3-6H,1-2H2. The van der Waals surface area contributed by atoms with Crippen LogP contribution in [-0.4, -0.2) is 57.6 Å². The Kier molecular flexibility index (Phi) is 6.23. The number of aromatic amines is 1. The largest absolute Gasteiger partial charge is 0.394 e. The molecule has 0 bridgehead atoms. The van der Waals surface area contributed by atoms with E-state index >= 15 is 0 Å². The van der Waals surface area contributed by atoms with E-state index in [2.05, 4.69) is 9.97 Å². The van der Waals surface area contributed by atoms with E-state index in [0.717, 1.165) is 11.1 Å². The summed E-state index contributed by atoms with van der Waals surface area (Å²) in [6.07, 6.45) is -0.954. The molecule has 0 saturated carbocycles. The van der Waals surface area contributed by atoms with E-state index in [1.165, 1.54) is 0 Å². The molecule has 1 aromatic heterocycles. The summed E-state index contributed by atoms with van der Waals surface area (Å²) in [5.74, 6) is 0. The second-order valence-corrected chi connectivity index (χ2v) is 6.44. The number of nitrogens with one attached hydrogen (secondary N) is 1. The van der Waals surface area contributed by atoms with E-state index in [9.17, 15) is 8.42 Å². The minimum absolute atomic E-state index is 0.365. The monoisotopic (exact) mass is 366 g/mol. The third-order valence-corrected chi connectivity index (χ3v) is 3.93. The summed E-state index contributed by atoms with van der Waals surface area (Å²) >= 11 is 0. The predicted molar refractivity (Wildman–Crippen MR) is 91.5 cm³/mol. The molecule has 25 heavy (non-hydrogen) atoms. The summed E-state index contributed by atoms with van der Waals surface area (Å²) in [6.45, 7) is -0.729. The van der Waals surface area contributed by atoms with Gasteiger partial charge < -0.3 is 20.3 Å². The first-order chi connectivity index (χ1) is 11.9. The minimum atomic E-state index is -4.33. The van der Waals surface area contributed by atoms with Gasteiger partial charge in [0.05, 0.1) is 24.2 Å². The highest BCUT2D eigenvalue weighted by Gasteiger charge is 2.16. The number of aliphatic hydroxyl groups is 3. The lowest BCUT2D eigenvalue weighted by molar-refractivity contribution is 0.0450. The smallest absolute Gasteiger partial charge is 0.328 e. The third-order valence-electron chi connectivity index (χ3n) is 3.25. The van der Waals surface area contributed by atoms with E-state index in [1.807, 2.05) is 36.4 Å². The fourth-order valence-corrected chi connectivity index (χ4v) is 2.49. The Balaban J connectivity index is 0.000000326. The molecule has 0 fully saturated rings. The van der Waals surface area contributed by atoms with Gasteiger partial charge in [-0.1, -0.05) is 42.5 Å². The zero-order chi connectivity index (χ0) is 18.4. The van der Waals surface area contributed by atoms with Crippen molar-refractivity contribution in [3.63, 3.8) is 0 Å². The van der Waals surface area contributed by atoms with Gasteiger partial charge in [-0.2, -0.15) is 8.42 Å².